The van der Waals surface area contributed by atoms with Gasteiger partial charge in [0, 0.05) is 43.9 Å². The van der Waals surface area contributed by atoms with Gasteiger partial charge in [0.15, 0.2) is 0 Å². The van der Waals surface area contributed by atoms with Gasteiger partial charge in [-0.05, 0) is 63.1 Å². The first-order valence-electron chi connectivity index (χ1n) is 12.5. The molecule has 1 amide bonds. The van der Waals surface area contributed by atoms with Gasteiger partial charge in [-0.3, -0.25) is 14.3 Å². The van der Waals surface area contributed by atoms with E-state index < -0.39 is 6.17 Å². The van der Waals surface area contributed by atoms with Crippen molar-refractivity contribution < 1.29 is 18.7 Å². The zero-order chi connectivity index (χ0) is 24.5. The van der Waals surface area contributed by atoms with Crippen LogP contribution in [0.3, 0.4) is 0 Å². The van der Waals surface area contributed by atoms with E-state index in [9.17, 15) is 14.0 Å². The molecular weight excluding hydrogens is 463 g/mol. The zero-order valence-electron chi connectivity index (χ0n) is 20.4. The molecule has 8 nitrogen and oxygen atoms in total. The molecule has 9 heteroatoms. The van der Waals surface area contributed by atoms with Crippen LogP contribution in [0.15, 0.2) is 23.1 Å². The molecule has 2 aromatic heterocycles. The summed E-state index contributed by atoms with van der Waals surface area (Å²) in [7, 11) is 0. The van der Waals surface area contributed by atoms with Crippen LogP contribution < -0.4 is 5.56 Å². The minimum absolute atomic E-state index is 0. The Morgan fingerprint density at radius 2 is 1.94 bits per heavy atom. The molecule has 2 fully saturated rings. The van der Waals surface area contributed by atoms with Crippen molar-refractivity contribution in [3.05, 3.63) is 39.8 Å². The number of aryl methyl sites for hydroxylation is 1. The predicted octanol–water partition coefficient (Wildman–Crippen LogP) is 4.40. The third-order valence-corrected chi connectivity index (χ3v) is 7.28. The standard InChI is InChI=1S/C26H33FN4O4.CH4/c1-16-11-23-21(24-22(25(32)29-23)13-28-31(24)19-5-9-34-10-6-19)12-20(16)26(33)30-7-3-18(4-8-30)15-35-14-17(2)27;/h11-13,17-19H,3-10,14-15H2,1-2H3,(H,29,32);1H4/t17-;/m0./s1. The normalized spacial score (nSPS) is 18.5. The molecule has 2 saturated heterocycles. The van der Waals surface area contributed by atoms with Gasteiger partial charge < -0.3 is 19.4 Å². The van der Waals surface area contributed by atoms with Gasteiger partial charge in [-0.25, -0.2) is 4.39 Å². The van der Waals surface area contributed by atoms with E-state index in [1.54, 1.807) is 6.20 Å². The van der Waals surface area contributed by atoms with E-state index in [0.717, 1.165) is 42.1 Å². The van der Waals surface area contributed by atoms with E-state index in [1.807, 2.05) is 28.6 Å². The van der Waals surface area contributed by atoms with Crippen LogP contribution in [0.1, 0.15) is 62.0 Å². The number of piperidine rings is 1. The summed E-state index contributed by atoms with van der Waals surface area (Å²) < 4.78 is 25.9. The summed E-state index contributed by atoms with van der Waals surface area (Å²) in [6.07, 6.45) is 4.02. The number of halogens is 1. The van der Waals surface area contributed by atoms with Crippen molar-refractivity contribution in [1.29, 1.82) is 0 Å². The van der Waals surface area contributed by atoms with Gasteiger partial charge >= 0.3 is 0 Å². The van der Waals surface area contributed by atoms with Gasteiger partial charge in [-0.1, -0.05) is 7.43 Å². The molecule has 0 unspecified atom stereocenters. The highest BCUT2D eigenvalue weighted by atomic mass is 19.1. The molecule has 196 valence electrons. The lowest BCUT2D eigenvalue weighted by Gasteiger charge is -2.32. The van der Waals surface area contributed by atoms with Gasteiger partial charge in [0.2, 0.25) is 0 Å². The molecule has 2 aliphatic rings. The van der Waals surface area contributed by atoms with Crippen molar-refractivity contribution in [3.63, 3.8) is 0 Å². The number of ether oxygens (including phenoxy) is 2. The number of hydrogen-bond acceptors (Lipinski definition) is 5. The molecule has 0 aliphatic carbocycles. The molecular formula is C27H37FN4O4. The average Bonchev–Trinajstić information content (AvgIpc) is 3.30. The Labute approximate surface area is 210 Å². The molecule has 5 rings (SSSR count). The molecule has 1 N–H and O–H groups in total. The first-order valence-corrected chi connectivity index (χ1v) is 12.5. The number of aromatic amines is 1. The summed E-state index contributed by atoms with van der Waals surface area (Å²) in [4.78, 5) is 31.2. The van der Waals surface area contributed by atoms with Gasteiger partial charge in [-0.2, -0.15) is 5.10 Å². The molecule has 1 aromatic carbocycles. The summed E-state index contributed by atoms with van der Waals surface area (Å²) in [5.74, 6) is 0.339. The topological polar surface area (TPSA) is 89.4 Å². The van der Waals surface area contributed by atoms with Crippen LogP contribution in [-0.2, 0) is 9.47 Å². The number of pyridine rings is 1. The van der Waals surface area contributed by atoms with Crippen LogP contribution in [0.2, 0.25) is 0 Å². The zero-order valence-corrected chi connectivity index (χ0v) is 20.4. The maximum absolute atomic E-state index is 13.5. The second kappa shape index (κ2) is 11.1. The lowest BCUT2D eigenvalue weighted by atomic mass is 9.96. The van der Waals surface area contributed by atoms with Crippen molar-refractivity contribution in [2.24, 2.45) is 5.92 Å². The van der Waals surface area contributed by atoms with Crippen molar-refractivity contribution in [2.45, 2.75) is 59.2 Å². The van der Waals surface area contributed by atoms with E-state index >= 15 is 0 Å². The summed E-state index contributed by atoms with van der Waals surface area (Å²) in [5.41, 5.74) is 2.80. The number of aromatic nitrogens is 3. The van der Waals surface area contributed by atoms with Crippen LogP contribution in [0.4, 0.5) is 4.39 Å². The van der Waals surface area contributed by atoms with Crippen molar-refractivity contribution >= 4 is 27.7 Å². The van der Waals surface area contributed by atoms with Crippen LogP contribution >= 0.6 is 0 Å². The molecule has 36 heavy (non-hydrogen) atoms. The summed E-state index contributed by atoms with van der Waals surface area (Å²) in [6.45, 7) is 6.70. The van der Waals surface area contributed by atoms with Crippen LogP contribution in [0.25, 0.3) is 21.8 Å². The van der Waals surface area contributed by atoms with Crippen molar-refractivity contribution in [2.75, 3.05) is 39.5 Å². The lowest BCUT2D eigenvalue weighted by molar-refractivity contribution is 0.0379. The number of benzene rings is 1. The van der Waals surface area contributed by atoms with Gasteiger partial charge in [-0.15, -0.1) is 0 Å². The van der Waals surface area contributed by atoms with Crippen LogP contribution in [0, 0.1) is 12.8 Å². The van der Waals surface area contributed by atoms with Crippen molar-refractivity contribution in [3.8, 4) is 0 Å². The maximum atomic E-state index is 13.5. The summed E-state index contributed by atoms with van der Waals surface area (Å²) in [6, 6.07) is 3.97. The number of carbonyl (C=O) groups is 1. The molecule has 0 saturated carbocycles. The van der Waals surface area contributed by atoms with E-state index in [-0.39, 0.29) is 31.5 Å². The monoisotopic (exact) mass is 500 g/mol. The Morgan fingerprint density at radius 1 is 1.22 bits per heavy atom. The van der Waals surface area contributed by atoms with Gasteiger partial charge in [0.05, 0.1) is 35.3 Å². The highest BCUT2D eigenvalue weighted by Crippen LogP contribution is 2.30. The Bertz CT molecular complexity index is 1270. The first kappa shape index (κ1) is 26.3. The fourth-order valence-corrected chi connectivity index (χ4v) is 5.30. The quantitative estimate of drug-likeness (QED) is 0.542. The number of H-pyrrole nitrogens is 1. The third kappa shape index (κ3) is 5.18. The second-order valence-electron chi connectivity index (χ2n) is 9.92. The number of fused-ring (bicyclic) bond motifs is 3. The van der Waals surface area contributed by atoms with E-state index in [4.69, 9.17) is 9.47 Å². The Kier molecular flexibility index (Phi) is 8.10. The Morgan fingerprint density at radius 3 is 2.64 bits per heavy atom. The lowest BCUT2D eigenvalue weighted by Crippen LogP contribution is -2.39. The number of nitrogens with one attached hydrogen (secondary N) is 1. The molecule has 0 bridgehead atoms. The molecule has 0 radical (unpaired) electrons. The van der Waals surface area contributed by atoms with Crippen molar-refractivity contribution in [1.82, 2.24) is 19.7 Å². The fraction of sp³-hybridized carbons (Fsp3) is 0.593. The van der Waals surface area contributed by atoms with E-state index in [0.29, 0.717) is 55.3 Å². The predicted molar refractivity (Wildman–Crippen MR) is 138 cm³/mol. The highest BCUT2D eigenvalue weighted by Gasteiger charge is 2.26. The first-order chi connectivity index (χ1) is 16.9. The van der Waals surface area contributed by atoms with E-state index in [2.05, 4.69) is 10.1 Å². The average molecular weight is 501 g/mol. The minimum atomic E-state index is -0.961. The summed E-state index contributed by atoms with van der Waals surface area (Å²) >= 11 is 0. The Hall–Kier alpha value is -2.78. The van der Waals surface area contributed by atoms with E-state index in [1.165, 1.54) is 6.92 Å². The SMILES string of the molecule is C.Cc1cc2[nH]c(=O)c3cnn(C4CCOCC4)c3c2cc1C(=O)N1CCC(COC[C@H](C)F)CC1. The second-order valence-corrected chi connectivity index (χ2v) is 9.92. The number of hydrogen-bond donors (Lipinski definition) is 1. The molecule has 1 atom stereocenters. The summed E-state index contributed by atoms with van der Waals surface area (Å²) in [5, 5.41) is 5.94. The number of nitrogens with zero attached hydrogens (tertiary/aromatic N) is 3. The largest absolute Gasteiger partial charge is 0.381 e. The number of rotatable bonds is 6. The minimum Gasteiger partial charge on any atom is -0.381 e. The maximum Gasteiger partial charge on any atom is 0.259 e. The molecule has 0 spiro atoms. The fourth-order valence-electron chi connectivity index (χ4n) is 5.30. The molecule has 2 aliphatic heterocycles. The number of amides is 1. The van der Waals surface area contributed by atoms with Gasteiger partial charge in [0.25, 0.3) is 11.5 Å². The number of likely N-dealkylation sites (tertiary alicyclic amines) is 1. The molecule has 3 aromatic rings. The number of alkyl halides is 1. The Balaban J connectivity index is 0.00000304. The van der Waals surface area contributed by atoms with Gasteiger partial charge in [0.1, 0.15) is 6.17 Å². The van der Waals surface area contributed by atoms with Crippen LogP contribution in [-0.4, -0.2) is 71.3 Å². The molecule has 4 heterocycles. The smallest absolute Gasteiger partial charge is 0.259 e. The highest BCUT2D eigenvalue weighted by molar-refractivity contribution is 6.07. The third-order valence-electron chi connectivity index (χ3n) is 7.28. The number of carbonyl (C=O) groups excluding carboxylic acids is 1. The van der Waals surface area contributed by atoms with Crippen LogP contribution in [0.5, 0.6) is 0 Å².